The second-order valence-electron chi connectivity index (χ2n) is 3.52. The fraction of sp³-hybridized carbons (Fsp3) is 0.667. The molecule has 0 bridgehead atoms. The van der Waals surface area contributed by atoms with Gasteiger partial charge in [-0.15, -0.1) is 0 Å². The summed E-state index contributed by atoms with van der Waals surface area (Å²) < 4.78 is 107. The largest absolute Gasteiger partial charge is 0.456 e. The van der Waals surface area contributed by atoms with E-state index in [-0.39, 0.29) is 6.92 Å². The van der Waals surface area contributed by atoms with Gasteiger partial charge in [0.1, 0.15) is 0 Å². The van der Waals surface area contributed by atoms with Crippen molar-refractivity contribution in [1.82, 2.24) is 0 Å². The van der Waals surface area contributed by atoms with E-state index in [2.05, 4.69) is 16.1 Å². The maximum absolute atomic E-state index is 12.9. The number of hydrogen-bond donors (Lipinski definition) is 0. The molecule has 0 aliphatic heterocycles. The summed E-state index contributed by atoms with van der Waals surface area (Å²) in [4.78, 5) is 10.4. The average molecular weight is 316 g/mol. The molecule has 0 spiro atoms. The van der Waals surface area contributed by atoms with E-state index in [0.717, 1.165) is 0 Å². The predicted molar refractivity (Wildman–Crippen MR) is 47.7 cm³/mol. The minimum absolute atomic E-state index is 0.309. The molecule has 0 atom stereocenters. The van der Waals surface area contributed by atoms with Crippen LogP contribution in [0.1, 0.15) is 6.92 Å². The number of esters is 1. The van der Waals surface area contributed by atoms with Crippen molar-refractivity contribution in [2.45, 2.75) is 31.0 Å². The third kappa shape index (κ3) is 4.32. The van der Waals surface area contributed by atoms with Crippen molar-refractivity contribution in [2.24, 2.45) is 0 Å². The lowest BCUT2D eigenvalue weighted by Crippen LogP contribution is -2.58. The van der Waals surface area contributed by atoms with Crippen LogP contribution in [0.15, 0.2) is 12.7 Å². The standard InChI is InChI=1S/C9H8F8O3/c1-3-5(18)19-4-7(12,13)8(14,15)9(16,17)20-6(2,10)11/h3H,1,4H2,2H3. The van der Waals surface area contributed by atoms with Crippen LogP contribution in [0.3, 0.4) is 0 Å². The molecule has 0 aliphatic rings. The summed E-state index contributed by atoms with van der Waals surface area (Å²) >= 11 is 0. The van der Waals surface area contributed by atoms with Crippen LogP contribution in [0.4, 0.5) is 35.1 Å². The molecule has 0 unspecified atom stereocenters. The Balaban J connectivity index is 5.16. The van der Waals surface area contributed by atoms with E-state index in [9.17, 15) is 39.9 Å². The molecule has 0 rings (SSSR count). The SMILES string of the molecule is C=CC(=O)OCC(F)(F)C(F)(F)C(F)(F)OC(C)(F)F. The average Bonchev–Trinajstić information content (AvgIpc) is 2.22. The van der Waals surface area contributed by atoms with Crippen LogP contribution in [-0.4, -0.2) is 36.6 Å². The van der Waals surface area contributed by atoms with E-state index in [0.29, 0.717) is 6.08 Å². The quantitative estimate of drug-likeness (QED) is 0.411. The van der Waals surface area contributed by atoms with E-state index in [1.54, 1.807) is 0 Å². The number of hydrogen-bond acceptors (Lipinski definition) is 3. The third-order valence-electron chi connectivity index (χ3n) is 1.69. The van der Waals surface area contributed by atoms with Crippen molar-refractivity contribution in [3.63, 3.8) is 0 Å². The minimum Gasteiger partial charge on any atom is -0.456 e. The Kier molecular flexibility index (Phi) is 5.16. The van der Waals surface area contributed by atoms with Crippen LogP contribution in [0, 0.1) is 0 Å². The molecular formula is C9H8F8O3. The molecule has 0 N–H and O–H groups in total. The van der Waals surface area contributed by atoms with E-state index in [1.807, 2.05) is 0 Å². The first-order valence-electron chi connectivity index (χ1n) is 4.67. The molecule has 0 saturated carbocycles. The first-order valence-corrected chi connectivity index (χ1v) is 4.67. The maximum atomic E-state index is 12.9. The fourth-order valence-electron chi connectivity index (χ4n) is 0.813. The molecule has 0 fully saturated rings. The van der Waals surface area contributed by atoms with Gasteiger partial charge in [-0.25, -0.2) is 4.79 Å². The van der Waals surface area contributed by atoms with Crippen LogP contribution in [0.5, 0.6) is 0 Å². The Morgan fingerprint density at radius 2 is 1.55 bits per heavy atom. The first kappa shape index (κ1) is 18.6. The van der Waals surface area contributed by atoms with Gasteiger partial charge in [0.2, 0.25) is 0 Å². The zero-order valence-electron chi connectivity index (χ0n) is 9.74. The second-order valence-corrected chi connectivity index (χ2v) is 3.52. The number of rotatable bonds is 7. The highest BCUT2D eigenvalue weighted by atomic mass is 19.4. The third-order valence-corrected chi connectivity index (χ3v) is 1.69. The van der Waals surface area contributed by atoms with Crippen LogP contribution in [0.25, 0.3) is 0 Å². The number of carbonyl (C=O) groups excluding carboxylic acids is 1. The summed E-state index contributed by atoms with van der Waals surface area (Å²) in [6.07, 6.45) is -10.7. The Morgan fingerprint density at radius 3 is 1.90 bits per heavy atom. The molecule has 0 aromatic heterocycles. The summed E-state index contributed by atoms with van der Waals surface area (Å²) in [7, 11) is 0. The van der Waals surface area contributed by atoms with Gasteiger partial charge in [0, 0.05) is 13.0 Å². The van der Waals surface area contributed by atoms with Crippen molar-refractivity contribution in [1.29, 1.82) is 0 Å². The number of carbonyl (C=O) groups is 1. The maximum Gasteiger partial charge on any atom is 0.430 e. The van der Waals surface area contributed by atoms with Crippen molar-refractivity contribution in [2.75, 3.05) is 6.61 Å². The molecule has 11 heteroatoms. The highest BCUT2D eigenvalue weighted by Gasteiger charge is 2.75. The first-order chi connectivity index (χ1) is 8.66. The topological polar surface area (TPSA) is 35.5 Å². The van der Waals surface area contributed by atoms with E-state index >= 15 is 0 Å². The van der Waals surface area contributed by atoms with Crippen molar-refractivity contribution in [3.05, 3.63) is 12.7 Å². The number of halogens is 8. The molecule has 0 aromatic rings. The highest BCUT2D eigenvalue weighted by molar-refractivity contribution is 5.81. The molecule has 0 aromatic carbocycles. The smallest absolute Gasteiger partial charge is 0.430 e. The van der Waals surface area contributed by atoms with E-state index in [1.165, 1.54) is 0 Å². The highest BCUT2D eigenvalue weighted by Crippen LogP contribution is 2.48. The van der Waals surface area contributed by atoms with Gasteiger partial charge in [0.05, 0.1) is 0 Å². The van der Waals surface area contributed by atoms with Gasteiger partial charge in [-0.05, 0) is 0 Å². The van der Waals surface area contributed by atoms with Crippen molar-refractivity contribution in [3.8, 4) is 0 Å². The van der Waals surface area contributed by atoms with Gasteiger partial charge < -0.3 is 4.74 Å². The lowest BCUT2D eigenvalue weighted by atomic mass is 10.1. The van der Waals surface area contributed by atoms with Gasteiger partial charge >= 0.3 is 30.0 Å². The normalized spacial score (nSPS) is 14.1. The zero-order valence-corrected chi connectivity index (χ0v) is 9.74. The monoisotopic (exact) mass is 316 g/mol. The van der Waals surface area contributed by atoms with Gasteiger partial charge in [-0.1, -0.05) is 6.58 Å². The summed E-state index contributed by atoms with van der Waals surface area (Å²) in [6.45, 7) is -0.0718. The number of ether oxygens (including phenoxy) is 2. The van der Waals surface area contributed by atoms with Crippen LogP contribution < -0.4 is 0 Å². The molecule has 118 valence electrons. The lowest BCUT2D eigenvalue weighted by Gasteiger charge is -2.32. The molecule has 0 heterocycles. The molecular weight excluding hydrogens is 308 g/mol. The second kappa shape index (κ2) is 5.54. The van der Waals surface area contributed by atoms with Gasteiger partial charge in [0.15, 0.2) is 6.61 Å². The van der Waals surface area contributed by atoms with E-state index in [4.69, 9.17) is 0 Å². The molecule has 0 radical (unpaired) electrons. The van der Waals surface area contributed by atoms with Crippen molar-refractivity contribution < 1.29 is 49.4 Å². The van der Waals surface area contributed by atoms with Crippen LogP contribution in [-0.2, 0) is 14.3 Å². The molecule has 0 saturated heterocycles. The zero-order chi connectivity index (χ0) is 16.4. The number of alkyl halides is 8. The lowest BCUT2D eigenvalue weighted by molar-refractivity contribution is -0.455. The van der Waals surface area contributed by atoms with Gasteiger partial charge in [-0.3, -0.25) is 4.74 Å². The summed E-state index contributed by atoms with van der Waals surface area (Å²) in [5.74, 6) is -13.6. The molecule has 3 nitrogen and oxygen atoms in total. The Morgan fingerprint density at radius 1 is 1.10 bits per heavy atom. The van der Waals surface area contributed by atoms with E-state index < -0.39 is 36.6 Å². The van der Waals surface area contributed by atoms with Crippen molar-refractivity contribution >= 4 is 5.97 Å². The van der Waals surface area contributed by atoms with Gasteiger partial charge in [0.25, 0.3) is 0 Å². The molecule has 0 amide bonds. The fourth-order valence-corrected chi connectivity index (χ4v) is 0.813. The Hall–Kier alpha value is -1.39. The summed E-state index contributed by atoms with van der Waals surface area (Å²) in [6, 6.07) is 0. The summed E-state index contributed by atoms with van der Waals surface area (Å²) in [5.41, 5.74) is 0. The Labute approximate surface area is 107 Å². The molecule has 0 aliphatic carbocycles. The summed E-state index contributed by atoms with van der Waals surface area (Å²) in [5, 5.41) is 0. The molecule has 20 heavy (non-hydrogen) atoms. The minimum atomic E-state index is -6.35. The Bertz CT molecular complexity index is 374. The predicted octanol–water partition coefficient (Wildman–Crippen LogP) is 3.21. The van der Waals surface area contributed by atoms with Gasteiger partial charge in [-0.2, -0.15) is 35.1 Å². The van der Waals surface area contributed by atoms with Crippen LogP contribution in [0.2, 0.25) is 0 Å². The van der Waals surface area contributed by atoms with Crippen LogP contribution >= 0.6 is 0 Å².